The molecule has 8 heteroatoms. The highest BCUT2D eigenvalue weighted by molar-refractivity contribution is 6.08. The first-order valence-corrected chi connectivity index (χ1v) is 10.7. The van der Waals surface area contributed by atoms with E-state index in [2.05, 4.69) is 26.1 Å². The molecule has 0 aromatic carbocycles. The lowest BCUT2D eigenvalue weighted by atomic mass is 9.64. The van der Waals surface area contributed by atoms with Gasteiger partial charge in [0, 0.05) is 13.1 Å². The lowest BCUT2D eigenvalue weighted by molar-refractivity contribution is -0.154. The van der Waals surface area contributed by atoms with Gasteiger partial charge in [0.05, 0.1) is 0 Å². The molecule has 1 N–H and O–H groups in total. The molecule has 0 radical (unpaired) electrons. The van der Waals surface area contributed by atoms with Crippen LogP contribution < -0.4 is 5.32 Å². The quantitative estimate of drug-likeness (QED) is 0.568. The lowest BCUT2D eigenvalue weighted by Crippen LogP contribution is -2.54. The second-order valence-electron chi connectivity index (χ2n) is 9.71. The zero-order valence-corrected chi connectivity index (χ0v) is 17.8. The van der Waals surface area contributed by atoms with Crippen LogP contribution in [-0.2, 0) is 19.1 Å². The Bertz CT molecular complexity index is 684. The fourth-order valence-corrected chi connectivity index (χ4v) is 5.38. The molecule has 162 valence electrons. The second-order valence-corrected chi connectivity index (χ2v) is 9.71. The van der Waals surface area contributed by atoms with Crippen molar-refractivity contribution in [3.63, 3.8) is 0 Å². The predicted molar refractivity (Wildman–Crippen MR) is 106 cm³/mol. The summed E-state index contributed by atoms with van der Waals surface area (Å²) in [6.07, 6.45) is 6.23. The first-order valence-electron chi connectivity index (χ1n) is 10.7. The van der Waals surface area contributed by atoms with Crippen LogP contribution in [0.15, 0.2) is 0 Å². The van der Waals surface area contributed by atoms with Crippen LogP contribution in [0.4, 0.5) is 4.79 Å². The number of carbonyl (C=O) groups excluding carboxylic acids is 4. The molecule has 29 heavy (non-hydrogen) atoms. The first kappa shape index (κ1) is 21.6. The summed E-state index contributed by atoms with van der Waals surface area (Å²) in [7, 11) is 0. The maximum Gasteiger partial charge on any atom is 0.326 e. The van der Waals surface area contributed by atoms with E-state index in [9.17, 15) is 19.2 Å². The Morgan fingerprint density at radius 1 is 1.10 bits per heavy atom. The van der Waals surface area contributed by atoms with Crippen molar-refractivity contribution in [2.75, 3.05) is 26.2 Å². The van der Waals surface area contributed by atoms with Gasteiger partial charge in [0.2, 0.25) is 0 Å². The molecule has 3 aliphatic rings. The number of carbonyl (C=O) groups is 4. The standard InChI is InChI=1S/C21H33N3O5/c1-15-10-20(2,3)14-21(11-15)18(27)24(19(28)22-21)12-17(26)29-13-16(25)23-8-6-4-5-7-9-23/h15H,4-14H2,1-3H3,(H,22,28)/t15-,21+/m1/s1. The summed E-state index contributed by atoms with van der Waals surface area (Å²) in [6, 6.07) is -0.560. The summed E-state index contributed by atoms with van der Waals surface area (Å²) in [5.74, 6) is -1.03. The third-order valence-electron chi connectivity index (χ3n) is 6.23. The summed E-state index contributed by atoms with van der Waals surface area (Å²) in [5, 5.41) is 2.84. The van der Waals surface area contributed by atoms with Gasteiger partial charge in [0.1, 0.15) is 12.1 Å². The van der Waals surface area contributed by atoms with E-state index in [1.807, 2.05) is 0 Å². The second kappa shape index (κ2) is 8.32. The molecule has 2 heterocycles. The van der Waals surface area contributed by atoms with Crippen LogP contribution in [0.2, 0.25) is 0 Å². The number of esters is 1. The number of nitrogens with zero attached hydrogens (tertiary/aromatic N) is 2. The molecule has 3 rings (SSSR count). The Labute approximate surface area is 172 Å². The van der Waals surface area contributed by atoms with Gasteiger partial charge < -0.3 is 15.0 Å². The maximum absolute atomic E-state index is 13.0. The summed E-state index contributed by atoms with van der Waals surface area (Å²) in [6.45, 7) is 6.81. The van der Waals surface area contributed by atoms with Crippen LogP contribution in [0.3, 0.4) is 0 Å². The highest BCUT2D eigenvalue weighted by Gasteiger charge is 2.56. The van der Waals surface area contributed by atoms with E-state index >= 15 is 0 Å². The van der Waals surface area contributed by atoms with Gasteiger partial charge in [-0.05, 0) is 43.4 Å². The summed E-state index contributed by atoms with van der Waals surface area (Å²) >= 11 is 0. The minimum atomic E-state index is -0.944. The molecule has 2 aliphatic heterocycles. The van der Waals surface area contributed by atoms with Crippen LogP contribution in [-0.4, -0.2) is 65.4 Å². The van der Waals surface area contributed by atoms with Crippen LogP contribution in [0.5, 0.6) is 0 Å². The first-order chi connectivity index (χ1) is 13.6. The number of hydrogen-bond donors (Lipinski definition) is 1. The van der Waals surface area contributed by atoms with Gasteiger partial charge in [0.25, 0.3) is 11.8 Å². The monoisotopic (exact) mass is 407 g/mol. The summed E-state index contributed by atoms with van der Waals surface area (Å²) in [5.41, 5.74) is -1.02. The number of ether oxygens (including phenoxy) is 1. The molecule has 2 atom stereocenters. The molecule has 2 saturated heterocycles. The van der Waals surface area contributed by atoms with Gasteiger partial charge in [-0.1, -0.05) is 33.6 Å². The number of rotatable bonds is 4. The number of urea groups is 1. The van der Waals surface area contributed by atoms with Crippen molar-refractivity contribution in [3.8, 4) is 0 Å². The smallest absolute Gasteiger partial charge is 0.326 e. The Balaban J connectivity index is 1.55. The van der Waals surface area contributed by atoms with E-state index in [0.29, 0.717) is 31.8 Å². The molecule has 0 bridgehead atoms. The van der Waals surface area contributed by atoms with Crippen LogP contribution in [0, 0.1) is 11.3 Å². The van der Waals surface area contributed by atoms with E-state index in [4.69, 9.17) is 4.74 Å². The Kier molecular flexibility index (Phi) is 6.19. The van der Waals surface area contributed by atoms with Gasteiger partial charge in [-0.2, -0.15) is 0 Å². The summed E-state index contributed by atoms with van der Waals surface area (Å²) < 4.78 is 5.09. The van der Waals surface area contributed by atoms with Gasteiger partial charge in [0.15, 0.2) is 6.61 Å². The molecular formula is C21H33N3O5. The Hall–Kier alpha value is -2.12. The zero-order chi connectivity index (χ0) is 21.2. The van der Waals surface area contributed by atoms with Crippen molar-refractivity contribution < 1.29 is 23.9 Å². The highest BCUT2D eigenvalue weighted by Crippen LogP contribution is 2.46. The van der Waals surface area contributed by atoms with E-state index < -0.39 is 24.1 Å². The Morgan fingerprint density at radius 2 is 1.76 bits per heavy atom. The molecule has 1 aliphatic carbocycles. The fourth-order valence-electron chi connectivity index (χ4n) is 5.38. The zero-order valence-electron chi connectivity index (χ0n) is 17.8. The number of nitrogens with one attached hydrogen (secondary N) is 1. The number of amides is 4. The Morgan fingerprint density at radius 3 is 2.38 bits per heavy atom. The van der Waals surface area contributed by atoms with Crippen LogP contribution >= 0.6 is 0 Å². The predicted octanol–water partition coefficient (Wildman–Crippen LogP) is 2.07. The lowest BCUT2D eigenvalue weighted by Gasteiger charge is -2.43. The molecule has 8 nitrogen and oxygen atoms in total. The number of hydrogen-bond acceptors (Lipinski definition) is 5. The van der Waals surface area contributed by atoms with Gasteiger partial charge in [-0.25, -0.2) is 4.79 Å². The normalized spacial score (nSPS) is 29.6. The van der Waals surface area contributed by atoms with Crippen molar-refractivity contribution in [1.29, 1.82) is 0 Å². The molecule has 0 aromatic rings. The highest BCUT2D eigenvalue weighted by atomic mass is 16.5. The number of likely N-dealkylation sites (tertiary alicyclic amines) is 1. The maximum atomic E-state index is 13.0. The van der Waals surface area contributed by atoms with Crippen molar-refractivity contribution in [2.24, 2.45) is 11.3 Å². The van der Waals surface area contributed by atoms with Gasteiger partial charge >= 0.3 is 12.0 Å². The van der Waals surface area contributed by atoms with Crippen molar-refractivity contribution in [1.82, 2.24) is 15.1 Å². The molecular weight excluding hydrogens is 374 g/mol. The summed E-state index contributed by atoms with van der Waals surface area (Å²) in [4.78, 5) is 52.6. The average Bonchev–Trinajstić information content (AvgIpc) is 2.83. The molecule has 1 saturated carbocycles. The number of imide groups is 1. The fraction of sp³-hybridized carbons (Fsp3) is 0.810. The van der Waals surface area contributed by atoms with E-state index in [0.717, 1.165) is 37.0 Å². The van der Waals surface area contributed by atoms with Crippen LogP contribution in [0.1, 0.15) is 65.7 Å². The molecule has 1 spiro atoms. The van der Waals surface area contributed by atoms with Crippen molar-refractivity contribution in [2.45, 2.75) is 71.3 Å². The van der Waals surface area contributed by atoms with Gasteiger partial charge in [-0.3, -0.25) is 19.3 Å². The topological polar surface area (TPSA) is 96.0 Å². The third-order valence-corrected chi connectivity index (χ3v) is 6.23. The van der Waals surface area contributed by atoms with Crippen molar-refractivity contribution >= 4 is 23.8 Å². The largest absolute Gasteiger partial charge is 0.454 e. The van der Waals surface area contributed by atoms with E-state index in [1.165, 1.54) is 0 Å². The van der Waals surface area contributed by atoms with E-state index in [-0.39, 0.29) is 23.8 Å². The minimum Gasteiger partial charge on any atom is -0.454 e. The molecule has 4 amide bonds. The van der Waals surface area contributed by atoms with Gasteiger partial charge in [-0.15, -0.1) is 0 Å². The average molecular weight is 408 g/mol. The third kappa shape index (κ3) is 4.90. The van der Waals surface area contributed by atoms with Crippen molar-refractivity contribution in [3.05, 3.63) is 0 Å². The molecule has 3 fully saturated rings. The van der Waals surface area contributed by atoms with E-state index in [1.54, 1.807) is 4.90 Å². The SMILES string of the molecule is C[C@@H]1CC(C)(C)C[C@]2(C1)NC(=O)N(CC(=O)OCC(=O)N1CCCCCC1)C2=O. The molecule has 0 unspecified atom stereocenters. The van der Waals surface area contributed by atoms with Crippen LogP contribution in [0.25, 0.3) is 0 Å². The minimum absolute atomic E-state index is 0.0727. The molecule has 0 aromatic heterocycles.